The van der Waals surface area contributed by atoms with Gasteiger partial charge < -0.3 is 10.0 Å². The molecule has 126 valence electrons. The summed E-state index contributed by atoms with van der Waals surface area (Å²) >= 11 is 0. The maximum atomic E-state index is 13.2. The van der Waals surface area contributed by atoms with Crippen LogP contribution in [-0.4, -0.2) is 41.3 Å². The summed E-state index contributed by atoms with van der Waals surface area (Å²) in [6.07, 6.45) is -3.49. The normalized spacial score (nSPS) is 15.1. The number of halogens is 3. The van der Waals surface area contributed by atoms with Gasteiger partial charge in [-0.1, -0.05) is 40.5 Å². The van der Waals surface area contributed by atoms with Crippen LogP contribution in [0.5, 0.6) is 0 Å². The van der Waals surface area contributed by atoms with E-state index in [4.69, 9.17) is 0 Å². The summed E-state index contributed by atoms with van der Waals surface area (Å²) in [5, 5.41) is 9.82. The van der Waals surface area contributed by atoms with Crippen molar-refractivity contribution in [1.29, 1.82) is 0 Å². The second kappa shape index (κ2) is 9.28. The molecule has 1 N–H and O–H groups in total. The molecule has 0 saturated heterocycles. The van der Waals surface area contributed by atoms with E-state index in [9.17, 15) is 23.1 Å². The van der Waals surface area contributed by atoms with E-state index in [1.165, 1.54) is 18.7 Å². The van der Waals surface area contributed by atoms with Gasteiger partial charge in [-0.2, -0.15) is 13.2 Å². The first-order valence-electron chi connectivity index (χ1n) is 7.70. The van der Waals surface area contributed by atoms with E-state index in [1.54, 1.807) is 0 Å². The Morgan fingerprint density at radius 2 is 1.52 bits per heavy atom. The van der Waals surface area contributed by atoms with Crippen molar-refractivity contribution in [2.75, 3.05) is 13.1 Å². The molecule has 0 aromatic carbocycles. The van der Waals surface area contributed by atoms with Crippen LogP contribution in [0.3, 0.4) is 0 Å². The maximum Gasteiger partial charge on any atom is 0.403 e. The molecule has 0 aliphatic rings. The molecule has 6 heteroatoms. The lowest BCUT2D eigenvalue weighted by Gasteiger charge is -2.32. The van der Waals surface area contributed by atoms with Crippen LogP contribution in [0, 0.1) is 11.8 Å². The number of carbonyl (C=O) groups excluding carboxylic acids is 1. The monoisotopic (exact) mass is 311 g/mol. The molecule has 1 amide bonds. The van der Waals surface area contributed by atoms with Crippen molar-refractivity contribution in [2.24, 2.45) is 11.8 Å². The molecule has 0 saturated carbocycles. The number of rotatable bonds is 9. The molecule has 0 fully saturated rings. The molecule has 2 atom stereocenters. The largest absolute Gasteiger partial charge is 0.403 e. The van der Waals surface area contributed by atoms with Crippen LogP contribution >= 0.6 is 0 Å². The summed E-state index contributed by atoms with van der Waals surface area (Å²) in [7, 11) is 0. The van der Waals surface area contributed by atoms with Gasteiger partial charge in [-0.05, 0) is 18.8 Å². The van der Waals surface area contributed by atoms with E-state index in [-0.39, 0.29) is 0 Å². The van der Waals surface area contributed by atoms with Crippen molar-refractivity contribution in [1.82, 2.24) is 4.90 Å². The van der Waals surface area contributed by atoms with Gasteiger partial charge in [0.25, 0.3) is 0 Å². The van der Waals surface area contributed by atoms with Crippen LogP contribution in [-0.2, 0) is 4.79 Å². The minimum Gasteiger partial charge on any atom is -0.392 e. The fraction of sp³-hybridized carbons (Fsp3) is 0.933. The minimum absolute atomic E-state index is 0.312. The number of aliphatic hydroxyl groups excluding tert-OH is 1. The molecular weight excluding hydrogens is 283 g/mol. The summed E-state index contributed by atoms with van der Waals surface area (Å²) in [5.41, 5.74) is 0. The van der Waals surface area contributed by atoms with Crippen molar-refractivity contribution in [3.63, 3.8) is 0 Å². The molecular formula is C15H28F3NO2. The second-order valence-corrected chi connectivity index (χ2v) is 5.79. The molecule has 3 nitrogen and oxygen atoms in total. The second-order valence-electron chi connectivity index (χ2n) is 5.79. The van der Waals surface area contributed by atoms with Gasteiger partial charge in [0.05, 0.1) is 6.10 Å². The number of carbonyl (C=O) groups is 1. The quantitative estimate of drug-likeness (QED) is 0.706. The highest BCUT2D eigenvalue weighted by molar-refractivity contribution is 5.80. The van der Waals surface area contributed by atoms with Gasteiger partial charge in [0.2, 0.25) is 5.91 Å². The smallest absolute Gasteiger partial charge is 0.392 e. The average Bonchev–Trinajstić information content (AvgIpc) is 2.37. The number of nitrogens with zero attached hydrogens (tertiary/aromatic N) is 1. The van der Waals surface area contributed by atoms with Crippen LogP contribution in [0.2, 0.25) is 0 Å². The number of aliphatic hydroxyl groups is 1. The van der Waals surface area contributed by atoms with Gasteiger partial charge in [-0.15, -0.1) is 0 Å². The fourth-order valence-corrected chi connectivity index (χ4v) is 2.09. The summed E-state index contributed by atoms with van der Waals surface area (Å²) in [4.78, 5) is 13.6. The lowest BCUT2D eigenvalue weighted by molar-refractivity contribution is -0.211. The average molecular weight is 311 g/mol. The van der Waals surface area contributed by atoms with Gasteiger partial charge in [-0.25, -0.2) is 0 Å². The molecule has 0 aliphatic heterocycles. The van der Waals surface area contributed by atoms with Crippen molar-refractivity contribution >= 4 is 5.91 Å². The Bertz CT molecular complexity index is 298. The molecule has 0 spiro atoms. The highest BCUT2D eigenvalue weighted by Gasteiger charge is 2.51. The van der Waals surface area contributed by atoms with Gasteiger partial charge in [0.1, 0.15) is 0 Å². The maximum absolute atomic E-state index is 13.2. The molecule has 0 aromatic heterocycles. The summed E-state index contributed by atoms with van der Waals surface area (Å²) in [6, 6.07) is 0. The van der Waals surface area contributed by atoms with Gasteiger partial charge >= 0.3 is 6.18 Å². The van der Waals surface area contributed by atoms with E-state index in [2.05, 4.69) is 0 Å². The zero-order valence-corrected chi connectivity index (χ0v) is 13.4. The van der Waals surface area contributed by atoms with Gasteiger partial charge in [0, 0.05) is 13.1 Å². The number of unbranched alkanes of at least 4 members (excludes halogenated alkanes) is 2. The molecule has 0 aliphatic carbocycles. The third kappa shape index (κ3) is 6.68. The van der Waals surface area contributed by atoms with Crippen LogP contribution in [0.25, 0.3) is 0 Å². The summed E-state index contributed by atoms with van der Waals surface area (Å²) < 4.78 is 39.5. The SMILES string of the molecule is CCCCN(CCCC)C(=O)[C@@H]([C@H](O)C(C)C)C(F)(F)F. The number of hydrogen-bond donors (Lipinski definition) is 1. The van der Waals surface area contributed by atoms with Crippen LogP contribution in [0.4, 0.5) is 13.2 Å². The molecule has 0 radical (unpaired) electrons. The van der Waals surface area contributed by atoms with Crippen molar-refractivity contribution < 1.29 is 23.1 Å². The molecule has 0 unspecified atom stereocenters. The van der Waals surface area contributed by atoms with Crippen molar-refractivity contribution in [2.45, 2.75) is 65.7 Å². The van der Waals surface area contributed by atoms with E-state index in [0.29, 0.717) is 25.9 Å². The van der Waals surface area contributed by atoms with Crippen molar-refractivity contribution in [3.05, 3.63) is 0 Å². The summed E-state index contributed by atoms with van der Waals surface area (Å²) in [5.74, 6) is -3.95. The third-order valence-corrected chi connectivity index (χ3v) is 3.52. The van der Waals surface area contributed by atoms with Gasteiger partial charge in [-0.3, -0.25) is 4.79 Å². The van der Waals surface area contributed by atoms with Crippen molar-refractivity contribution in [3.8, 4) is 0 Å². The predicted molar refractivity (Wildman–Crippen MR) is 76.8 cm³/mol. The Morgan fingerprint density at radius 3 is 1.81 bits per heavy atom. The van der Waals surface area contributed by atoms with E-state index >= 15 is 0 Å². The number of alkyl halides is 3. The Kier molecular flexibility index (Phi) is 8.94. The first-order valence-corrected chi connectivity index (χ1v) is 7.70. The minimum atomic E-state index is -4.72. The standard InChI is InChI=1S/C15H28F3NO2/c1-5-7-9-19(10-8-6-2)14(21)12(15(16,17)18)13(20)11(3)4/h11-13,20H,5-10H2,1-4H3/t12-,13-/m1/s1. The number of amides is 1. The number of hydrogen-bond acceptors (Lipinski definition) is 2. The third-order valence-electron chi connectivity index (χ3n) is 3.52. The zero-order valence-electron chi connectivity index (χ0n) is 13.4. The van der Waals surface area contributed by atoms with Crippen LogP contribution < -0.4 is 0 Å². The van der Waals surface area contributed by atoms with Crippen LogP contribution in [0.15, 0.2) is 0 Å². The first kappa shape index (κ1) is 20.2. The Balaban J connectivity index is 5.18. The van der Waals surface area contributed by atoms with E-state index in [0.717, 1.165) is 12.8 Å². The van der Waals surface area contributed by atoms with Gasteiger partial charge in [0.15, 0.2) is 5.92 Å². The molecule has 0 bridgehead atoms. The highest BCUT2D eigenvalue weighted by Crippen LogP contribution is 2.33. The molecule has 0 heterocycles. The Labute approximate surface area is 125 Å². The zero-order chi connectivity index (χ0) is 16.6. The fourth-order valence-electron chi connectivity index (χ4n) is 2.09. The molecule has 0 rings (SSSR count). The van der Waals surface area contributed by atoms with E-state index < -0.39 is 30.0 Å². The molecule has 21 heavy (non-hydrogen) atoms. The Morgan fingerprint density at radius 1 is 1.10 bits per heavy atom. The lowest BCUT2D eigenvalue weighted by Crippen LogP contribution is -2.50. The first-order chi connectivity index (χ1) is 9.66. The van der Waals surface area contributed by atoms with Crippen LogP contribution in [0.1, 0.15) is 53.4 Å². The highest BCUT2D eigenvalue weighted by atomic mass is 19.4. The lowest BCUT2D eigenvalue weighted by atomic mass is 9.91. The topological polar surface area (TPSA) is 40.5 Å². The summed E-state index contributed by atoms with van der Waals surface area (Å²) in [6.45, 7) is 7.44. The predicted octanol–water partition coefficient (Wildman–Crippen LogP) is 3.61. The van der Waals surface area contributed by atoms with E-state index in [1.807, 2.05) is 13.8 Å². The molecule has 0 aromatic rings. The Hall–Kier alpha value is -0.780.